The molecule has 0 radical (unpaired) electrons. The smallest absolute Gasteiger partial charge is 0.159 e. The van der Waals surface area contributed by atoms with Gasteiger partial charge in [0.25, 0.3) is 0 Å². The Labute approximate surface area is 138 Å². The van der Waals surface area contributed by atoms with Crippen molar-refractivity contribution in [3.63, 3.8) is 0 Å². The van der Waals surface area contributed by atoms with E-state index in [1.54, 1.807) is 19.2 Å². The molecule has 2 aromatic carbocycles. The molecule has 4 N–H and O–H groups in total. The van der Waals surface area contributed by atoms with Crippen molar-refractivity contribution in [1.29, 1.82) is 0 Å². The topological polar surface area (TPSA) is 85.1 Å². The summed E-state index contributed by atoms with van der Waals surface area (Å²) in [6.07, 6.45) is 1.39. The van der Waals surface area contributed by atoms with E-state index in [1.807, 2.05) is 24.3 Å². The van der Waals surface area contributed by atoms with Gasteiger partial charge in [0.1, 0.15) is 23.6 Å². The van der Waals surface area contributed by atoms with Crippen molar-refractivity contribution in [3.8, 4) is 5.75 Å². The van der Waals surface area contributed by atoms with E-state index < -0.39 is 0 Å². The molecule has 122 valence electrons. The largest absolute Gasteiger partial charge is 0.497 e. The second kappa shape index (κ2) is 6.82. The fourth-order valence-corrected chi connectivity index (χ4v) is 2.10. The van der Waals surface area contributed by atoms with Crippen LogP contribution in [0.1, 0.15) is 0 Å². The number of halogens is 1. The number of hydrogen-bond acceptors (Lipinski definition) is 6. The third kappa shape index (κ3) is 3.52. The van der Waals surface area contributed by atoms with E-state index in [2.05, 4.69) is 20.6 Å². The number of nitrogens with two attached hydrogens (primary N) is 1. The first kappa shape index (κ1) is 15.5. The SMILES string of the molecule is COc1cccc(Nc2ncnc(Nc3ccc(F)cc3)c2N)c1. The first-order valence-corrected chi connectivity index (χ1v) is 7.20. The van der Waals surface area contributed by atoms with Gasteiger partial charge in [-0.1, -0.05) is 6.07 Å². The second-order valence-electron chi connectivity index (χ2n) is 4.97. The van der Waals surface area contributed by atoms with Crippen molar-refractivity contribution in [1.82, 2.24) is 9.97 Å². The van der Waals surface area contributed by atoms with Crippen LogP contribution >= 0.6 is 0 Å². The van der Waals surface area contributed by atoms with Crippen molar-refractivity contribution in [2.24, 2.45) is 0 Å². The van der Waals surface area contributed by atoms with Gasteiger partial charge in [0.2, 0.25) is 0 Å². The Bertz CT molecular complexity index is 839. The van der Waals surface area contributed by atoms with E-state index in [0.29, 0.717) is 23.0 Å². The molecular weight excluding hydrogens is 309 g/mol. The van der Waals surface area contributed by atoms with Crippen LogP contribution in [0.2, 0.25) is 0 Å². The van der Waals surface area contributed by atoms with E-state index in [1.165, 1.54) is 18.5 Å². The molecule has 0 aliphatic rings. The summed E-state index contributed by atoms with van der Waals surface area (Å²) in [4.78, 5) is 8.28. The minimum Gasteiger partial charge on any atom is -0.497 e. The van der Waals surface area contributed by atoms with Crippen molar-refractivity contribution in [2.75, 3.05) is 23.5 Å². The summed E-state index contributed by atoms with van der Waals surface area (Å²) in [5, 5.41) is 6.17. The third-order valence-corrected chi connectivity index (χ3v) is 3.32. The molecule has 6 nitrogen and oxygen atoms in total. The highest BCUT2D eigenvalue weighted by Gasteiger charge is 2.09. The number of benzene rings is 2. The minimum absolute atomic E-state index is 0.309. The van der Waals surface area contributed by atoms with Crippen LogP contribution in [0.25, 0.3) is 0 Å². The third-order valence-electron chi connectivity index (χ3n) is 3.32. The zero-order valence-electron chi connectivity index (χ0n) is 13.0. The first-order valence-electron chi connectivity index (χ1n) is 7.20. The van der Waals surface area contributed by atoms with E-state index in [4.69, 9.17) is 10.5 Å². The van der Waals surface area contributed by atoms with Crippen molar-refractivity contribution in [3.05, 3.63) is 60.7 Å². The first-order chi connectivity index (χ1) is 11.7. The molecule has 0 saturated heterocycles. The van der Waals surface area contributed by atoms with Crippen LogP contribution in [0.3, 0.4) is 0 Å². The van der Waals surface area contributed by atoms with Gasteiger partial charge in [-0.25, -0.2) is 14.4 Å². The Kier molecular flexibility index (Phi) is 4.42. The number of nitrogens with zero attached hydrogens (tertiary/aromatic N) is 2. The average molecular weight is 325 g/mol. The van der Waals surface area contributed by atoms with Crippen LogP contribution in [0.5, 0.6) is 5.75 Å². The number of nitrogen functional groups attached to an aromatic ring is 1. The molecule has 0 saturated carbocycles. The molecule has 1 aromatic heterocycles. The van der Waals surface area contributed by atoms with Crippen LogP contribution in [0.4, 0.5) is 33.1 Å². The Morgan fingerprint density at radius 1 is 0.958 bits per heavy atom. The number of nitrogens with one attached hydrogen (secondary N) is 2. The summed E-state index contributed by atoms with van der Waals surface area (Å²) in [6, 6.07) is 13.3. The number of hydrogen-bond donors (Lipinski definition) is 3. The summed E-state index contributed by atoms with van der Waals surface area (Å²) in [6.45, 7) is 0. The van der Waals surface area contributed by atoms with Gasteiger partial charge in [-0.2, -0.15) is 0 Å². The number of anilines is 5. The Morgan fingerprint density at radius 2 is 1.62 bits per heavy atom. The minimum atomic E-state index is -0.309. The maximum Gasteiger partial charge on any atom is 0.159 e. The molecule has 0 amide bonds. The monoisotopic (exact) mass is 325 g/mol. The molecule has 0 aliphatic carbocycles. The summed E-state index contributed by atoms with van der Waals surface area (Å²) in [7, 11) is 1.60. The zero-order valence-corrected chi connectivity index (χ0v) is 13.0. The molecule has 0 unspecified atom stereocenters. The highest BCUT2D eigenvalue weighted by molar-refractivity contribution is 5.80. The summed E-state index contributed by atoms with van der Waals surface area (Å²) in [5.41, 5.74) is 7.94. The van der Waals surface area contributed by atoms with Gasteiger partial charge >= 0.3 is 0 Å². The summed E-state index contributed by atoms with van der Waals surface area (Å²) < 4.78 is 18.2. The molecule has 3 aromatic rings. The van der Waals surface area contributed by atoms with Gasteiger partial charge in [-0.05, 0) is 36.4 Å². The lowest BCUT2D eigenvalue weighted by atomic mass is 10.3. The van der Waals surface area contributed by atoms with Crippen LogP contribution in [0.15, 0.2) is 54.9 Å². The molecular formula is C17H16FN5O. The van der Waals surface area contributed by atoms with Crippen LogP contribution in [0, 0.1) is 5.82 Å². The number of rotatable bonds is 5. The standard InChI is InChI=1S/C17H16FN5O/c1-24-14-4-2-3-13(9-14)23-17-15(19)16(20-10-21-17)22-12-7-5-11(18)6-8-12/h2-10H,19H2,1H3,(H2,20,21,22,23). The molecule has 0 fully saturated rings. The van der Waals surface area contributed by atoms with Crippen LogP contribution < -0.4 is 21.1 Å². The van der Waals surface area contributed by atoms with Crippen LogP contribution in [-0.4, -0.2) is 17.1 Å². The second-order valence-corrected chi connectivity index (χ2v) is 4.97. The number of ether oxygens (including phenoxy) is 1. The lowest BCUT2D eigenvalue weighted by Crippen LogP contribution is -2.05. The Morgan fingerprint density at radius 3 is 2.29 bits per heavy atom. The van der Waals surface area contributed by atoms with Crippen LogP contribution in [-0.2, 0) is 0 Å². The molecule has 0 atom stereocenters. The van der Waals surface area contributed by atoms with E-state index in [9.17, 15) is 4.39 Å². The highest BCUT2D eigenvalue weighted by atomic mass is 19.1. The van der Waals surface area contributed by atoms with Gasteiger partial charge in [0.05, 0.1) is 7.11 Å². The Balaban J connectivity index is 1.83. The molecule has 7 heteroatoms. The normalized spacial score (nSPS) is 10.2. The Hall–Kier alpha value is -3.35. The number of methoxy groups -OCH3 is 1. The average Bonchev–Trinajstić information content (AvgIpc) is 2.60. The quantitative estimate of drug-likeness (QED) is 0.663. The maximum atomic E-state index is 13.0. The maximum absolute atomic E-state index is 13.0. The molecule has 0 aliphatic heterocycles. The van der Waals surface area contributed by atoms with E-state index in [0.717, 1.165) is 11.4 Å². The molecule has 1 heterocycles. The fourth-order valence-electron chi connectivity index (χ4n) is 2.10. The predicted molar refractivity (Wildman–Crippen MR) is 92.4 cm³/mol. The molecule has 3 rings (SSSR count). The van der Waals surface area contributed by atoms with Gasteiger partial charge < -0.3 is 21.1 Å². The lowest BCUT2D eigenvalue weighted by molar-refractivity contribution is 0.415. The molecule has 0 bridgehead atoms. The van der Waals surface area contributed by atoms with E-state index in [-0.39, 0.29) is 5.82 Å². The zero-order chi connectivity index (χ0) is 16.9. The molecule has 24 heavy (non-hydrogen) atoms. The lowest BCUT2D eigenvalue weighted by Gasteiger charge is -2.13. The summed E-state index contributed by atoms with van der Waals surface area (Å²) >= 11 is 0. The van der Waals surface area contributed by atoms with Gasteiger partial charge in [0, 0.05) is 17.4 Å². The molecule has 0 spiro atoms. The number of aromatic nitrogens is 2. The van der Waals surface area contributed by atoms with Crippen molar-refractivity contribution in [2.45, 2.75) is 0 Å². The fraction of sp³-hybridized carbons (Fsp3) is 0.0588. The van der Waals surface area contributed by atoms with E-state index >= 15 is 0 Å². The van der Waals surface area contributed by atoms with Gasteiger partial charge in [-0.15, -0.1) is 0 Å². The van der Waals surface area contributed by atoms with Crippen molar-refractivity contribution >= 4 is 28.7 Å². The van der Waals surface area contributed by atoms with Crippen molar-refractivity contribution < 1.29 is 9.13 Å². The summed E-state index contributed by atoms with van der Waals surface area (Å²) in [5.74, 6) is 1.30. The highest BCUT2D eigenvalue weighted by Crippen LogP contribution is 2.29. The van der Waals surface area contributed by atoms with Gasteiger partial charge in [-0.3, -0.25) is 0 Å². The predicted octanol–water partition coefficient (Wildman–Crippen LogP) is 3.69. The van der Waals surface area contributed by atoms with Gasteiger partial charge in [0.15, 0.2) is 11.6 Å².